The molecule has 2 amide bonds. The van der Waals surface area contributed by atoms with Crippen LogP contribution in [0.5, 0.6) is 5.75 Å². The second-order valence-electron chi connectivity index (χ2n) is 6.89. The number of ether oxygens (including phenoxy) is 1. The quantitative estimate of drug-likeness (QED) is 0.672. The number of anilines is 1. The van der Waals surface area contributed by atoms with Crippen molar-refractivity contribution in [3.63, 3.8) is 0 Å². The molecular weight excluding hydrogens is 370 g/mol. The van der Waals surface area contributed by atoms with Crippen LogP contribution in [0.4, 0.5) is 5.95 Å². The molecule has 2 N–H and O–H groups in total. The van der Waals surface area contributed by atoms with Gasteiger partial charge in [-0.25, -0.2) is 0 Å². The van der Waals surface area contributed by atoms with Gasteiger partial charge in [0.15, 0.2) is 0 Å². The summed E-state index contributed by atoms with van der Waals surface area (Å²) >= 11 is 0. The van der Waals surface area contributed by atoms with Gasteiger partial charge in [-0.05, 0) is 36.2 Å². The predicted molar refractivity (Wildman–Crippen MR) is 107 cm³/mol. The number of aromatic nitrogens is 3. The van der Waals surface area contributed by atoms with Crippen LogP contribution in [0.1, 0.15) is 34.2 Å². The molecule has 0 saturated heterocycles. The minimum atomic E-state index is -0.640. The number of fused-ring (bicyclic) bond motifs is 1. The molecule has 3 aromatic rings. The van der Waals surface area contributed by atoms with Gasteiger partial charge in [0.1, 0.15) is 17.6 Å². The second-order valence-corrected chi connectivity index (χ2v) is 6.89. The van der Waals surface area contributed by atoms with E-state index in [-0.39, 0.29) is 17.8 Å². The summed E-state index contributed by atoms with van der Waals surface area (Å²) < 4.78 is 5.15. The molecule has 2 aromatic carbocycles. The molecule has 0 unspecified atom stereocenters. The van der Waals surface area contributed by atoms with Gasteiger partial charge in [0.25, 0.3) is 5.91 Å². The summed E-state index contributed by atoms with van der Waals surface area (Å²) in [5, 5.41) is 9.57. The number of nitrogens with one attached hydrogen (secondary N) is 2. The van der Waals surface area contributed by atoms with E-state index in [1.807, 2.05) is 42.5 Å². The van der Waals surface area contributed by atoms with Crippen molar-refractivity contribution in [3.05, 3.63) is 71.0 Å². The lowest BCUT2D eigenvalue weighted by Crippen LogP contribution is -2.42. The molecule has 1 aromatic heterocycles. The minimum absolute atomic E-state index is 0.140. The molecule has 4 rings (SSSR count). The molecule has 148 valence electrons. The van der Waals surface area contributed by atoms with E-state index < -0.39 is 6.04 Å². The minimum Gasteiger partial charge on any atom is -0.497 e. The number of hydrogen-bond donors (Lipinski definition) is 2. The average molecular weight is 391 g/mol. The van der Waals surface area contributed by atoms with Gasteiger partial charge in [-0.1, -0.05) is 30.3 Å². The standard InChI is InChI=1S/C21H21N5O3/c1-13(26-12-15-5-3-4-6-17(15)20(26)28)19(27)23-21-22-18(24-25-21)11-14-7-9-16(29-2)10-8-14/h3-10,13H,11-12H2,1-2H3,(H2,22,23,24,25,27)/t13-/m0/s1. The van der Waals surface area contributed by atoms with Crippen LogP contribution >= 0.6 is 0 Å². The number of methoxy groups -OCH3 is 1. The zero-order chi connectivity index (χ0) is 20.4. The van der Waals surface area contributed by atoms with E-state index in [0.29, 0.717) is 24.4 Å². The molecule has 0 fully saturated rings. The first-order valence-corrected chi connectivity index (χ1v) is 9.29. The Kier molecular flexibility index (Phi) is 4.99. The number of carbonyl (C=O) groups excluding carboxylic acids is 2. The summed E-state index contributed by atoms with van der Waals surface area (Å²) in [5.41, 5.74) is 2.61. The first-order valence-electron chi connectivity index (χ1n) is 9.29. The summed E-state index contributed by atoms with van der Waals surface area (Å²) in [6.45, 7) is 2.12. The van der Waals surface area contributed by atoms with Gasteiger partial charge in [-0.3, -0.25) is 20.0 Å². The number of aromatic amines is 1. The average Bonchev–Trinajstić information content (AvgIpc) is 3.32. The maximum absolute atomic E-state index is 12.6. The molecule has 1 aliphatic heterocycles. The first-order chi connectivity index (χ1) is 14.0. The van der Waals surface area contributed by atoms with Crippen LogP contribution in [0.2, 0.25) is 0 Å². The summed E-state index contributed by atoms with van der Waals surface area (Å²) in [7, 11) is 1.62. The van der Waals surface area contributed by atoms with Crippen LogP contribution in [0.3, 0.4) is 0 Å². The summed E-state index contributed by atoms with van der Waals surface area (Å²) in [5.74, 6) is 1.13. The number of rotatable bonds is 6. The van der Waals surface area contributed by atoms with Crippen molar-refractivity contribution in [2.45, 2.75) is 25.9 Å². The van der Waals surface area contributed by atoms with Crippen LogP contribution in [-0.4, -0.2) is 45.0 Å². The van der Waals surface area contributed by atoms with Crippen molar-refractivity contribution in [1.29, 1.82) is 0 Å². The summed E-state index contributed by atoms with van der Waals surface area (Å²) in [6, 6.07) is 14.4. The van der Waals surface area contributed by atoms with Crippen LogP contribution in [0.25, 0.3) is 0 Å². The fraction of sp³-hybridized carbons (Fsp3) is 0.238. The highest BCUT2D eigenvalue weighted by atomic mass is 16.5. The topological polar surface area (TPSA) is 100 Å². The van der Waals surface area contributed by atoms with E-state index in [2.05, 4.69) is 20.5 Å². The van der Waals surface area contributed by atoms with Gasteiger partial charge >= 0.3 is 0 Å². The largest absolute Gasteiger partial charge is 0.497 e. The lowest BCUT2D eigenvalue weighted by molar-refractivity contribution is -0.120. The third kappa shape index (κ3) is 3.82. The molecule has 0 radical (unpaired) electrons. The molecule has 0 bridgehead atoms. The molecule has 0 aliphatic carbocycles. The van der Waals surface area contributed by atoms with Crippen LogP contribution in [-0.2, 0) is 17.8 Å². The van der Waals surface area contributed by atoms with Crippen molar-refractivity contribution in [2.75, 3.05) is 12.4 Å². The van der Waals surface area contributed by atoms with E-state index in [0.717, 1.165) is 16.9 Å². The maximum atomic E-state index is 12.6. The smallest absolute Gasteiger partial charge is 0.255 e. The lowest BCUT2D eigenvalue weighted by Gasteiger charge is -2.22. The maximum Gasteiger partial charge on any atom is 0.255 e. The molecule has 2 heterocycles. The number of carbonyl (C=O) groups is 2. The van der Waals surface area contributed by atoms with Gasteiger partial charge < -0.3 is 9.64 Å². The van der Waals surface area contributed by atoms with Crippen LogP contribution in [0, 0.1) is 0 Å². The van der Waals surface area contributed by atoms with Gasteiger partial charge in [-0.15, -0.1) is 5.10 Å². The van der Waals surface area contributed by atoms with Crippen molar-refractivity contribution in [1.82, 2.24) is 20.1 Å². The third-order valence-electron chi connectivity index (χ3n) is 4.99. The predicted octanol–water partition coefficient (Wildman–Crippen LogP) is 2.39. The fourth-order valence-corrected chi connectivity index (χ4v) is 3.31. The molecule has 0 spiro atoms. The molecular formula is C21H21N5O3. The molecule has 1 atom stereocenters. The van der Waals surface area contributed by atoms with Crippen LogP contribution in [0.15, 0.2) is 48.5 Å². The first kappa shape index (κ1) is 18.7. The molecule has 29 heavy (non-hydrogen) atoms. The fourth-order valence-electron chi connectivity index (χ4n) is 3.31. The van der Waals surface area contributed by atoms with Crippen LogP contribution < -0.4 is 10.1 Å². The molecule has 1 aliphatic rings. The van der Waals surface area contributed by atoms with Gasteiger partial charge in [-0.2, -0.15) is 4.98 Å². The zero-order valence-electron chi connectivity index (χ0n) is 16.2. The highest BCUT2D eigenvalue weighted by Gasteiger charge is 2.33. The Hall–Kier alpha value is -3.68. The Morgan fingerprint density at radius 3 is 2.72 bits per heavy atom. The van der Waals surface area contributed by atoms with E-state index in [1.54, 1.807) is 25.0 Å². The van der Waals surface area contributed by atoms with Gasteiger partial charge in [0.05, 0.1) is 7.11 Å². The van der Waals surface area contributed by atoms with E-state index >= 15 is 0 Å². The zero-order valence-corrected chi connectivity index (χ0v) is 16.2. The van der Waals surface area contributed by atoms with Gasteiger partial charge in [0.2, 0.25) is 11.9 Å². The van der Waals surface area contributed by atoms with Crippen molar-refractivity contribution in [3.8, 4) is 5.75 Å². The SMILES string of the molecule is COc1ccc(Cc2nc(NC(=O)[C@H](C)N3Cc4ccccc4C3=O)n[nH]2)cc1. The number of hydrogen-bond acceptors (Lipinski definition) is 5. The monoisotopic (exact) mass is 391 g/mol. The second kappa shape index (κ2) is 7.75. The molecule has 0 saturated carbocycles. The summed E-state index contributed by atoms with van der Waals surface area (Å²) in [4.78, 5) is 31.0. The van der Waals surface area contributed by atoms with E-state index in [1.165, 1.54) is 0 Å². The third-order valence-corrected chi connectivity index (χ3v) is 4.99. The number of H-pyrrole nitrogens is 1. The van der Waals surface area contributed by atoms with Crippen molar-refractivity contribution >= 4 is 17.8 Å². The Labute approximate surface area is 167 Å². The Balaban J connectivity index is 1.38. The Morgan fingerprint density at radius 1 is 1.24 bits per heavy atom. The van der Waals surface area contributed by atoms with E-state index in [9.17, 15) is 9.59 Å². The summed E-state index contributed by atoms with van der Waals surface area (Å²) in [6.07, 6.45) is 0.544. The van der Waals surface area contributed by atoms with E-state index in [4.69, 9.17) is 4.74 Å². The van der Waals surface area contributed by atoms with Crippen molar-refractivity contribution < 1.29 is 14.3 Å². The molecule has 8 heteroatoms. The highest BCUT2D eigenvalue weighted by molar-refractivity contribution is 6.03. The Morgan fingerprint density at radius 2 is 2.00 bits per heavy atom. The Bertz CT molecular complexity index is 1040. The number of nitrogens with zero attached hydrogens (tertiary/aromatic N) is 3. The number of amides is 2. The normalized spacial score (nSPS) is 13.9. The highest BCUT2D eigenvalue weighted by Crippen LogP contribution is 2.24. The lowest BCUT2D eigenvalue weighted by atomic mass is 10.1. The number of benzene rings is 2. The molecule has 8 nitrogen and oxygen atoms in total. The van der Waals surface area contributed by atoms with Gasteiger partial charge in [0, 0.05) is 18.5 Å². The van der Waals surface area contributed by atoms with Crippen molar-refractivity contribution in [2.24, 2.45) is 0 Å².